The zero-order valence-corrected chi connectivity index (χ0v) is 12.8. The second-order valence-corrected chi connectivity index (χ2v) is 6.06. The highest BCUT2D eigenvalue weighted by Crippen LogP contribution is 2.35. The second-order valence-electron chi connectivity index (χ2n) is 6.06. The number of carboxylic acids is 1. The van der Waals surface area contributed by atoms with Crippen molar-refractivity contribution in [3.8, 4) is 5.75 Å². The summed E-state index contributed by atoms with van der Waals surface area (Å²) in [4.78, 5) is 28.7. The first kappa shape index (κ1) is 15.0. The van der Waals surface area contributed by atoms with Crippen molar-refractivity contribution in [3.63, 3.8) is 0 Å². The molecule has 0 radical (unpaired) electrons. The van der Waals surface area contributed by atoms with E-state index in [0.717, 1.165) is 29.5 Å². The molecule has 0 unspecified atom stereocenters. The van der Waals surface area contributed by atoms with E-state index in [1.807, 2.05) is 38.1 Å². The van der Waals surface area contributed by atoms with Crippen LogP contribution < -0.4 is 10.3 Å². The molecule has 1 aromatic heterocycles. The van der Waals surface area contributed by atoms with E-state index in [0.29, 0.717) is 5.82 Å². The third-order valence-corrected chi connectivity index (χ3v) is 3.57. The molecule has 0 bridgehead atoms. The number of benzene rings is 1. The number of aromatic amines is 1. The number of hydrogen-bond donors (Lipinski definition) is 2. The number of carboxylic acid groups (broad SMARTS) is 1. The molecule has 6 nitrogen and oxygen atoms in total. The first-order valence-corrected chi connectivity index (χ1v) is 7.17. The summed E-state index contributed by atoms with van der Waals surface area (Å²) in [6.07, 6.45) is 5.34. The van der Waals surface area contributed by atoms with E-state index in [-0.39, 0.29) is 11.2 Å². The molecule has 2 aromatic rings. The first-order chi connectivity index (χ1) is 10.8. The number of aromatic carboxylic acids is 1. The van der Waals surface area contributed by atoms with E-state index in [9.17, 15) is 9.59 Å². The Balaban J connectivity index is 1.83. The SMILES string of the molecule is CC1(C)Cc2cc(/C=C/c3ncc(C(=O)O)c(=O)[nH]3)ccc2O1. The minimum Gasteiger partial charge on any atom is -0.487 e. The van der Waals surface area contributed by atoms with Gasteiger partial charge in [0.25, 0.3) is 5.56 Å². The lowest BCUT2D eigenvalue weighted by molar-refractivity contribution is 0.0694. The van der Waals surface area contributed by atoms with Crippen molar-refractivity contribution in [1.29, 1.82) is 0 Å². The van der Waals surface area contributed by atoms with Gasteiger partial charge in [0.2, 0.25) is 0 Å². The van der Waals surface area contributed by atoms with Crippen LogP contribution >= 0.6 is 0 Å². The van der Waals surface area contributed by atoms with Crippen LogP contribution in [0, 0.1) is 0 Å². The average molecular weight is 312 g/mol. The smallest absolute Gasteiger partial charge is 0.342 e. The quantitative estimate of drug-likeness (QED) is 0.907. The predicted molar refractivity (Wildman–Crippen MR) is 85.6 cm³/mol. The van der Waals surface area contributed by atoms with Crippen LogP contribution in [0.25, 0.3) is 12.2 Å². The summed E-state index contributed by atoms with van der Waals surface area (Å²) < 4.78 is 5.82. The van der Waals surface area contributed by atoms with Gasteiger partial charge in [0, 0.05) is 12.6 Å². The third kappa shape index (κ3) is 3.15. The standard InChI is InChI=1S/C17H16N2O4/c1-17(2)8-11-7-10(3-5-13(11)23-17)4-6-14-18-9-12(16(21)22)15(20)19-14/h3-7,9H,8H2,1-2H3,(H,21,22)(H,18,19,20)/b6-4+. The summed E-state index contributed by atoms with van der Waals surface area (Å²) in [6, 6.07) is 5.87. The second kappa shape index (κ2) is 5.39. The van der Waals surface area contributed by atoms with Gasteiger partial charge in [-0.15, -0.1) is 0 Å². The van der Waals surface area contributed by atoms with Gasteiger partial charge in [0.15, 0.2) is 0 Å². The normalized spacial score (nSPS) is 15.4. The zero-order valence-electron chi connectivity index (χ0n) is 12.8. The number of nitrogens with one attached hydrogen (secondary N) is 1. The Bertz CT molecular complexity index is 865. The predicted octanol–water partition coefficient (Wildman–Crippen LogP) is 2.35. The number of nitrogens with zero attached hydrogens (tertiary/aromatic N) is 1. The van der Waals surface area contributed by atoms with Crippen LogP contribution in [0.3, 0.4) is 0 Å². The Morgan fingerprint density at radius 2 is 2.17 bits per heavy atom. The largest absolute Gasteiger partial charge is 0.487 e. The highest BCUT2D eigenvalue weighted by Gasteiger charge is 2.29. The van der Waals surface area contributed by atoms with E-state index in [4.69, 9.17) is 9.84 Å². The van der Waals surface area contributed by atoms with E-state index >= 15 is 0 Å². The topological polar surface area (TPSA) is 92.3 Å². The Labute approximate surface area is 132 Å². The third-order valence-electron chi connectivity index (χ3n) is 3.57. The van der Waals surface area contributed by atoms with Crippen LogP contribution in [-0.2, 0) is 6.42 Å². The summed E-state index contributed by atoms with van der Waals surface area (Å²) in [6.45, 7) is 4.09. The van der Waals surface area contributed by atoms with Crippen molar-refractivity contribution in [1.82, 2.24) is 9.97 Å². The van der Waals surface area contributed by atoms with E-state index in [2.05, 4.69) is 9.97 Å². The van der Waals surface area contributed by atoms with Crippen molar-refractivity contribution in [2.75, 3.05) is 0 Å². The fourth-order valence-electron chi connectivity index (χ4n) is 2.55. The molecule has 0 amide bonds. The van der Waals surface area contributed by atoms with Crippen LogP contribution in [0.15, 0.2) is 29.2 Å². The molecule has 1 aliphatic heterocycles. The molecular formula is C17H16N2O4. The summed E-state index contributed by atoms with van der Waals surface area (Å²) >= 11 is 0. The minimum atomic E-state index is -1.30. The molecule has 0 atom stereocenters. The zero-order chi connectivity index (χ0) is 16.6. The lowest BCUT2D eigenvalue weighted by Crippen LogP contribution is -2.24. The molecule has 0 spiro atoms. The van der Waals surface area contributed by atoms with Crippen molar-refractivity contribution in [3.05, 3.63) is 57.3 Å². The molecule has 2 heterocycles. The number of fused-ring (bicyclic) bond motifs is 1. The van der Waals surface area contributed by atoms with Gasteiger partial charge in [-0.2, -0.15) is 0 Å². The molecule has 1 aliphatic rings. The van der Waals surface area contributed by atoms with Crippen molar-refractivity contribution < 1.29 is 14.6 Å². The van der Waals surface area contributed by atoms with Crippen molar-refractivity contribution >= 4 is 18.1 Å². The molecule has 6 heteroatoms. The van der Waals surface area contributed by atoms with Crippen LogP contribution in [0.5, 0.6) is 5.75 Å². The fraction of sp³-hybridized carbons (Fsp3) is 0.235. The Kier molecular flexibility index (Phi) is 3.52. The molecule has 0 fully saturated rings. The molecule has 0 aliphatic carbocycles. The number of ether oxygens (including phenoxy) is 1. The molecule has 118 valence electrons. The van der Waals surface area contributed by atoms with Gasteiger partial charge in [-0.3, -0.25) is 4.79 Å². The van der Waals surface area contributed by atoms with Crippen LogP contribution in [-0.4, -0.2) is 26.6 Å². The summed E-state index contributed by atoms with van der Waals surface area (Å²) in [5.74, 6) is -0.0999. The number of rotatable bonds is 3. The van der Waals surface area contributed by atoms with Crippen LogP contribution in [0.4, 0.5) is 0 Å². The monoisotopic (exact) mass is 312 g/mol. The molecule has 1 aromatic carbocycles. The highest BCUT2D eigenvalue weighted by molar-refractivity contribution is 5.86. The lowest BCUT2D eigenvalue weighted by Gasteiger charge is -2.16. The van der Waals surface area contributed by atoms with Gasteiger partial charge in [0.1, 0.15) is 22.7 Å². The van der Waals surface area contributed by atoms with Gasteiger partial charge in [-0.1, -0.05) is 12.1 Å². The van der Waals surface area contributed by atoms with Crippen LogP contribution in [0.1, 0.15) is 41.2 Å². The summed E-state index contributed by atoms with van der Waals surface area (Å²) in [7, 11) is 0. The lowest BCUT2D eigenvalue weighted by atomic mass is 10.00. The Hall–Kier alpha value is -2.89. The number of H-pyrrole nitrogens is 1. The minimum absolute atomic E-state index is 0.190. The van der Waals surface area contributed by atoms with Gasteiger partial charge >= 0.3 is 5.97 Å². The first-order valence-electron chi connectivity index (χ1n) is 7.17. The average Bonchev–Trinajstić information content (AvgIpc) is 2.77. The van der Waals surface area contributed by atoms with Gasteiger partial charge in [0.05, 0.1) is 0 Å². The molecule has 2 N–H and O–H groups in total. The molecule has 0 saturated carbocycles. The summed E-state index contributed by atoms with van der Waals surface area (Å²) in [5.41, 5.74) is 0.856. The van der Waals surface area contributed by atoms with E-state index in [1.54, 1.807) is 6.08 Å². The Morgan fingerprint density at radius 3 is 2.87 bits per heavy atom. The Morgan fingerprint density at radius 1 is 1.39 bits per heavy atom. The fourth-order valence-corrected chi connectivity index (χ4v) is 2.55. The van der Waals surface area contributed by atoms with E-state index in [1.165, 1.54) is 0 Å². The van der Waals surface area contributed by atoms with Crippen molar-refractivity contribution in [2.45, 2.75) is 25.9 Å². The van der Waals surface area contributed by atoms with Gasteiger partial charge in [-0.25, -0.2) is 9.78 Å². The number of hydrogen-bond acceptors (Lipinski definition) is 4. The maximum atomic E-state index is 11.6. The summed E-state index contributed by atoms with van der Waals surface area (Å²) in [5, 5.41) is 8.81. The number of aromatic nitrogens is 2. The van der Waals surface area contributed by atoms with Crippen molar-refractivity contribution in [2.24, 2.45) is 0 Å². The van der Waals surface area contributed by atoms with Crippen LogP contribution in [0.2, 0.25) is 0 Å². The molecule has 23 heavy (non-hydrogen) atoms. The molecular weight excluding hydrogens is 296 g/mol. The number of carbonyl (C=O) groups is 1. The van der Waals surface area contributed by atoms with Gasteiger partial charge < -0.3 is 14.8 Å². The van der Waals surface area contributed by atoms with Gasteiger partial charge in [-0.05, 0) is 43.2 Å². The molecule has 0 saturated heterocycles. The maximum absolute atomic E-state index is 11.6. The molecule has 3 rings (SSSR count). The highest BCUT2D eigenvalue weighted by atomic mass is 16.5. The maximum Gasteiger partial charge on any atom is 0.342 e. The van der Waals surface area contributed by atoms with E-state index < -0.39 is 11.5 Å².